The van der Waals surface area contributed by atoms with Gasteiger partial charge in [-0.15, -0.1) is 0 Å². The molecular formula is C12H18N4O2. The topological polar surface area (TPSA) is 67.4 Å². The first-order valence-corrected chi connectivity index (χ1v) is 6.21. The van der Waals surface area contributed by atoms with Crippen LogP contribution >= 0.6 is 0 Å². The first-order valence-electron chi connectivity index (χ1n) is 6.21. The van der Waals surface area contributed by atoms with Gasteiger partial charge in [0.15, 0.2) is 0 Å². The average Bonchev–Trinajstić information content (AvgIpc) is 2.46. The largest absolute Gasteiger partial charge is 0.378 e. The van der Waals surface area contributed by atoms with Gasteiger partial charge in [0.1, 0.15) is 0 Å². The van der Waals surface area contributed by atoms with Crippen molar-refractivity contribution >= 4 is 11.9 Å². The molecule has 0 radical (unpaired) electrons. The van der Waals surface area contributed by atoms with Crippen LogP contribution in [0.5, 0.6) is 0 Å². The van der Waals surface area contributed by atoms with E-state index in [4.69, 9.17) is 4.74 Å². The normalized spacial score (nSPS) is 15.5. The highest BCUT2D eigenvalue weighted by atomic mass is 16.5. The van der Waals surface area contributed by atoms with E-state index in [1.807, 2.05) is 13.0 Å². The summed E-state index contributed by atoms with van der Waals surface area (Å²) < 4.78 is 5.29. The fraction of sp³-hybridized carbons (Fsp3) is 0.583. The fourth-order valence-electron chi connectivity index (χ4n) is 1.71. The molecule has 1 aliphatic rings. The Bertz CT molecular complexity index is 405. The van der Waals surface area contributed by atoms with Crippen molar-refractivity contribution in [1.29, 1.82) is 0 Å². The van der Waals surface area contributed by atoms with Crippen LogP contribution in [0, 0.1) is 0 Å². The standard InChI is InChI=1S/C12H18N4O2/c1-2-11(17)14-9-10-3-4-13-12(15-10)16-5-7-18-8-6-16/h3-4H,2,5-9H2,1H3,(H,14,17). The smallest absolute Gasteiger partial charge is 0.225 e. The van der Waals surface area contributed by atoms with Gasteiger partial charge in [-0.3, -0.25) is 4.79 Å². The number of anilines is 1. The number of nitrogens with one attached hydrogen (secondary N) is 1. The second-order valence-corrected chi connectivity index (χ2v) is 4.08. The van der Waals surface area contributed by atoms with E-state index in [-0.39, 0.29) is 5.91 Å². The minimum Gasteiger partial charge on any atom is -0.378 e. The van der Waals surface area contributed by atoms with Gasteiger partial charge < -0.3 is 15.0 Å². The Labute approximate surface area is 106 Å². The molecule has 98 valence electrons. The molecule has 0 saturated carbocycles. The maximum atomic E-state index is 11.2. The monoisotopic (exact) mass is 250 g/mol. The molecule has 1 saturated heterocycles. The molecule has 1 N–H and O–H groups in total. The number of carbonyl (C=O) groups is 1. The molecule has 1 aromatic rings. The fourth-order valence-corrected chi connectivity index (χ4v) is 1.71. The van der Waals surface area contributed by atoms with Crippen molar-refractivity contribution in [3.8, 4) is 0 Å². The minimum absolute atomic E-state index is 0.0292. The lowest BCUT2D eigenvalue weighted by Crippen LogP contribution is -2.37. The van der Waals surface area contributed by atoms with Crippen LogP contribution < -0.4 is 10.2 Å². The number of ether oxygens (including phenoxy) is 1. The Morgan fingerprint density at radius 3 is 3.00 bits per heavy atom. The predicted molar refractivity (Wildman–Crippen MR) is 67.2 cm³/mol. The van der Waals surface area contributed by atoms with Crippen molar-refractivity contribution in [3.63, 3.8) is 0 Å². The number of amides is 1. The zero-order valence-corrected chi connectivity index (χ0v) is 10.6. The van der Waals surface area contributed by atoms with Crippen LogP contribution in [0.15, 0.2) is 12.3 Å². The quantitative estimate of drug-likeness (QED) is 0.834. The van der Waals surface area contributed by atoms with Gasteiger partial charge in [0.25, 0.3) is 0 Å². The molecule has 1 amide bonds. The van der Waals surface area contributed by atoms with Crippen LogP contribution in [-0.4, -0.2) is 42.2 Å². The zero-order valence-electron chi connectivity index (χ0n) is 10.6. The van der Waals surface area contributed by atoms with Gasteiger partial charge in [0.2, 0.25) is 11.9 Å². The Kier molecular flexibility index (Phi) is 4.46. The van der Waals surface area contributed by atoms with Gasteiger partial charge in [-0.05, 0) is 6.07 Å². The number of aromatic nitrogens is 2. The van der Waals surface area contributed by atoms with Crippen molar-refractivity contribution < 1.29 is 9.53 Å². The molecule has 1 fully saturated rings. The number of rotatable bonds is 4. The molecule has 1 aromatic heterocycles. The molecule has 0 bridgehead atoms. The summed E-state index contributed by atoms with van der Waals surface area (Å²) in [7, 11) is 0. The SMILES string of the molecule is CCC(=O)NCc1ccnc(N2CCOCC2)n1. The molecule has 0 spiro atoms. The number of nitrogens with zero attached hydrogens (tertiary/aromatic N) is 3. The molecule has 2 heterocycles. The summed E-state index contributed by atoms with van der Waals surface area (Å²) in [6, 6.07) is 1.82. The molecule has 0 aliphatic carbocycles. The highest BCUT2D eigenvalue weighted by Gasteiger charge is 2.13. The number of morpholine rings is 1. The minimum atomic E-state index is 0.0292. The summed E-state index contributed by atoms with van der Waals surface area (Å²) in [6.07, 6.45) is 2.21. The molecule has 0 aromatic carbocycles. The summed E-state index contributed by atoms with van der Waals surface area (Å²) in [4.78, 5) is 22.0. The summed E-state index contributed by atoms with van der Waals surface area (Å²) in [6.45, 7) is 5.32. The summed E-state index contributed by atoms with van der Waals surface area (Å²) >= 11 is 0. The van der Waals surface area contributed by atoms with E-state index < -0.39 is 0 Å². The Morgan fingerprint density at radius 2 is 2.28 bits per heavy atom. The van der Waals surface area contributed by atoms with Gasteiger partial charge in [-0.2, -0.15) is 0 Å². The van der Waals surface area contributed by atoms with E-state index in [0.29, 0.717) is 32.1 Å². The average molecular weight is 250 g/mol. The number of hydrogen-bond acceptors (Lipinski definition) is 5. The molecule has 2 rings (SSSR count). The maximum Gasteiger partial charge on any atom is 0.225 e. The van der Waals surface area contributed by atoms with E-state index in [2.05, 4.69) is 20.2 Å². The third-order valence-corrected chi connectivity index (χ3v) is 2.78. The molecule has 6 heteroatoms. The van der Waals surface area contributed by atoms with Crippen LogP contribution in [0.1, 0.15) is 19.0 Å². The van der Waals surface area contributed by atoms with Crippen molar-refractivity contribution in [3.05, 3.63) is 18.0 Å². The van der Waals surface area contributed by atoms with Gasteiger partial charge in [0, 0.05) is 25.7 Å². The van der Waals surface area contributed by atoms with Gasteiger partial charge in [-0.25, -0.2) is 9.97 Å². The second kappa shape index (κ2) is 6.30. The highest BCUT2D eigenvalue weighted by molar-refractivity contribution is 5.75. The lowest BCUT2D eigenvalue weighted by atomic mass is 10.3. The molecule has 1 aliphatic heterocycles. The molecule has 0 atom stereocenters. The lowest BCUT2D eigenvalue weighted by molar-refractivity contribution is -0.120. The Balaban J connectivity index is 1.98. The van der Waals surface area contributed by atoms with E-state index in [1.54, 1.807) is 6.20 Å². The highest BCUT2D eigenvalue weighted by Crippen LogP contribution is 2.09. The van der Waals surface area contributed by atoms with Crippen LogP contribution in [0.2, 0.25) is 0 Å². The Hall–Kier alpha value is -1.69. The van der Waals surface area contributed by atoms with Crippen molar-refractivity contribution in [2.75, 3.05) is 31.2 Å². The maximum absolute atomic E-state index is 11.2. The molecule has 18 heavy (non-hydrogen) atoms. The summed E-state index contributed by atoms with van der Waals surface area (Å²) in [5, 5.41) is 2.81. The van der Waals surface area contributed by atoms with E-state index >= 15 is 0 Å². The van der Waals surface area contributed by atoms with Gasteiger partial charge >= 0.3 is 0 Å². The van der Waals surface area contributed by atoms with Crippen molar-refractivity contribution in [1.82, 2.24) is 15.3 Å². The third-order valence-electron chi connectivity index (χ3n) is 2.78. The Morgan fingerprint density at radius 1 is 1.50 bits per heavy atom. The van der Waals surface area contributed by atoms with Gasteiger partial charge in [-0.1, -0.05) is 6.92 Å². The van der Waals surface area contributed by atoms with Crippen molar-refractivity contribution in [2.24, 2.45) is 0 Å². The lowest BCUT2D eigenvalue weighted by Gasteiger charge is -2.26. The van der Waals surface area contributed by atoms with Crippen LogP contribution in [-0.2, 0) is 16.1 Å². The van der Waals surface area contributed by atoms with Crippen LogP contribution in [0.25, 0.3) is 0 Å². The predicted octanol–water partition coefficient (Wildman–Crippen LogP) is 0.339. The van der Waals surface area contributed by atoms with E-state index in [0.717, 1.165) is 18.8 Å². The van der Waals surface area contributed by atoms with Crippen LogP contribution in [0.3, 0.4) is 0 Å². The molecule has 6 nitrogen and oxygen atoms in total. The molecular weight excluding hydrogens is 232 g/mol. The summed E-state index contributed by atoms with van der Waals surface area (Å²) in [5.41, 5.74) is 0.827. The van der Waals surface area contributed by atoms with Gasteiger partial charge in [0.05, 0.1) is 25.5 Å². The third kappa shape index (κ3) is 3.40. The second-order valence-electron chi connectivity index (χ2n) is 4.08. The first kappa shape index (κ1) is 12.8. The van der Waals surface area contributed by atoms with E-state index in [1.165, 1.54) is 0 Å². The molecule has 0 unspecified atom stereocenters. The first-order chi connectivity index (χ1) is 8.79. The zero-order chi connectivity index (χ0) is 12.8. The number of carbonyl (C=O) groups excluding carboxylic acids is 1. The summed E-state index contributed by atoms with van der Waals surface area (Å²) in [5.74, 6) is 0.739. The van der Waals surface area contributed by atoms with E-state index in [9.17, 15) is 4.79 Å². The van der Waals surface area contributed by atoms with Crippen LogP contribution in [0.4, 0.5) is 5.95 Å². The number of hydrogen-bond donors (Lipinski definition) is 1. The van der Waals surface area contributed by atoms with Crippen molar-refractivity contribution in [2.45, 2.75) is 19.9 Å².